The Bertz CT molecular complexity index is 614. The Balaban J connectivity index is 2.29. The van der Waals surface area contributed by atoms with Gasteiger partial charge in [-0.1, -0.05) is 6.07 Å². The average Bonchev–Trinajstić information content (AvgIpc) is 2.92. The van der Waals surface area contributed by atoms with E-state index in [1.807, 2.05) is 17.5 Å². The summed E-state index contributed by atoms with van der Waals surface area (Å²) in [5, 5.41) is 1.90. The van der Waals surface area contributed by atoms with Crippen LogP contribution in [0.4, 0.5) is 14.5 Å². The lowest BCUT2D eigenvalue weighted by Crippen LogP contribution is -2.31. The molecule has 0 saturated carbocycles. The molecule has 1 aromatic carbocycles. The first-order valence-electron chi connectivity index (χ1n) is 6.09. The van der Waals surface area contributed by atoms with Crippen LogP contribution in [0.15, 0.2) is 29.6 Å². The van der Waals surface area contributed by atoms with Crippen LogP contribution in [-0.2, 0) is 6.54 Å². The molecule has 0 aliphatic rings. The van der Waals surface area contributed by atoms with Crippen molar-refractivity contribution in [1.82, 2.24) is 4.90 Å². The summed E-state index contributed by atoms with van der Waals surface area (Å²) in [4.78, 5) is 14.7. The van der Waals surface area contributed by atoms with Crippen LogP contribution in [0.5, 0.6) is 0 Å². The van der Waals surface area contributed by atoms with Gasteiger partial charge in [-0.2, -0.15) is 0 Å². The first kappa shape index (κ1) is 14.5. The van der Waals surface area contributed by atoms with Crippen molar-refractivity contribution in [2.45, 2.75) is 13.5 Å². The summed E-state index contributed by atoms with van der Waals surface area (Å²) in [6.07, 6.45) is 0. The monoisotopic (exact) mass is 296 g/mol. The summed E-state index contributed by atoms with van der Waals surface area (Å²) in [6, 6.07) is 5.50. The predicted octanol–water partition coefficient (Wildman–Crippen LogP) is 3.27. The topological polar surface area (TPSA) is 46.3 Å². The first-order valence-corrected chi connectivity index (χ1v) is 6.97. The molecule has 106 valence electrons. The minimum absolute atomic E-state index is 0.332. The van der Waals surface area contributed by atoms with Crippen molar-refractivity contribution in [3.63, 3.8) is 0 Å². The second kappa shape index (κ2) is 6.00. The molecule has 0 bridgehead atoms. The Morgan fingerprint density at radius 1 is 1.40 bits per heavy atom. The SMILES string of the molecule is CCN(Cc1cccs1)C(=O)c1cc(F)cc(N)c1F. The van der Waals surface area contributed by atoms with E-state index in [-0.39, 0.29) is 11.3 Å². The number of nitrogens with two attached hydrogens (primary N) is 1. The summed E-state index contributed by atoms with van der Waals surface area (Å²) in [7, 11) is 0. The van der Waals surface area contributed by atoms with E-state index in [1.165, 1.54) is 16.2 Å². The molecule has 0 aliphatic heterocycles. The van der Waals surface area contributed by atoms with E-state index >= 15 is 0 Å². The molecule has 6 heteroatoms. The average molecular weight is 296 g/mol. The molecule has 1 aromatic heterocycles. The molecule has 1 amide bonds. The highest BCUT2D eigenvalue weighted by Crippen LogP contribution is 2.20. The zero-order valence-corrected chi connectivity index (χ0v) is 11.7. The molecular weight excluding hydrogens is 282 g/mol. The van der Waals surface area contributed by atoms with E-state index in [0.29, 0.717) is 13.1 Å². The van der Waals surface area contributed by atoms with Crippen molar-refractivity contribution in [3.8, 4) is 0 Å². The third kappa shape index (κ3) is 2.96. The van der Waals surface area contributed by atoms with Gasteiger partial charge >= 0.3 is 0 Å². The zero-order valence-electron chi connectivity index (χ0n) is 10.9. The van der Waals surface area contributed by atoms with E-state index in [0.717, 1.165) is 17.0 Å². The maximum absolute atomic E-state index is 13.9. The lowest BCUT2D eigenvalue weighted by molar-refractivity contribution is 0.0749. The van der Waals surface area contributed by atoms with E-state index in [4.69, 9.17) is 5.73 Å². The maximum atomic E-state index is 13.9. The maximum Gasteiger partial charge on any atom is 0.257 e. The molecule has 0 unspecified atom stereocenters. The van der Waals surface area contributed by atoms with E-state index in [9.17, 15) is 13.6 Å². The normalized spacial score (nSPS) is 10.6. The number of nitrogen functional groups attached to an aromatic ring is 1. The van der Waals surface area contributed by atoms with Crippen LogP contribution in [0.3, 0.4) is 0 Å². The number of thiophene rings is 1. The van der Waals surface area contributed by atoms with Gasteiger partial charge < -0.3 is 10.6 Å². The van der Waals surface area contributed by atoms with Gasteiger partial charge in [0.1, 0.15) is 5.82 Å². The number of benzene rings is 1. The molecule has 2 aromatic rings. The van der Waals surface area contributed by atoms with Crippen LogP contribution in [0, 0.1) is 11.6 Å². The van der Waals surface area contributed by atoms with Crippen molar-refractivity contribution >= 4 is 22.9 Å². The second-order valence-corrected chi connectivity index (χ2v) is 5.29. The van der Waals surface area contributed by atoms with Gasteiger partial charge in [0, 0.05) is 11.4 Å². The molecule has 0 atom stereocenters. The molecule has 1 heterocycles. The fourth-order valence-corrected chi connectivity index (χ4v) is 2.57. The minimum Gasteiger partial charge on any atom is -0.396 e. The van der Waals surface area contributed by atoms with E-state index in [2.05, 4.69) is 0 Å². The predicted molar refractivity (Wildman–Crippen MR) is 75.5 cm³/mol. The van der Waals surface area contributed by atoms with Gasteiger partial charge in [-0.15, -0.1) is 11.3 Å². The number of nitrogens with zero attached hydrogens (tertiary/aromatic N) is 1. The lowest BCUT2D eigenvalue weighted by Gasteiger charge is -2.20. The van der Waals surface area contributed by atoms with E-state index in [1.54, 1.807) is 6.92 Å². The van der Waals surface area contributed by atoms with E-state index < -0.39 is 17.5 Å². The minimum atomic E-state index is -0.874. The van der Waals surface area contributed by atoms with Crippen LogP contribution in [0.1, 0.15) is 22.2 Å². The molecule has 0 spiro atoms. The largest absolute Gasteiger partial charge is 0.396 e. The molecule has 0 radical (unpaired) electrons. The van der Waals surface area contributed by atoms with Gasteiger partial charge in [-0.3, -0.25) is 4.79 Å². The molecular formula is C14H14F2N2OS. The highest BCUT2D eigenvalue weighted by Gasteiger charge is 2.21. The fraction of sp³-hybridized carbons (Fsp3) is 0.214. The van der Waals surface area contributed by atoms with Gasteiger partial charge in [0.2, 0.25) is 0 Å². The second-order valence-electron chi connectivity index (χ2n) is 4.26. The number of rotatable bonds is 4. The Morgan fingerprint density at radius 2 is 2.15 bits per heavy atom. The summed E-state index contributed by atoms with van der Waals surface area (Å²) >= 11 is 1.50. The number of carbonyl (C=O) groups excluding carboxylic acids is 1. The Labute approximate surface area is 119 Å². The van der Waals surface area contributed by atoms with Gasteiger partial charge in [-0.25, -0.2) is 8.78 Å². The Kier molecular flexibility index (Phi) is 4.34. The number of halogens is 2. The van der Waals surface area contributed by atoms with Crippen molar-refractivity contribution in [1.29, 1.82) is 0 Å². The van der Waals surface area contributed by atoms with Gasteiger partial charge in [0.25, 0.3) is 5.91 Å². The molecule has 3 nitrogen and oxygen atoms in total. The number of hydrogen-bond donors (Lipinski definition) is 1. The van der Waals surface area contributed by atoms with Crippen molar-refractivity contribution in [2.75, 3.05) is 12.3 Å². The smallest absolute Gasteiger partial charge is 0.257 e. The molecule has 0 saturated heterocycles. The third-order valence-electron chi connectivity index (χ3n) is 2.89. The van der Waals surface area contributed by atoms with Crippen molar-refractivity contribution < 1.29 is 13.6 Å². The van der Waals surface area contributed by atoms with Crippen LogP contribution in [0.2, 0.25) is 0 Å². The van der Waals surface area contributed by atoms with Crippen molar-refractivity contribution in [2.24, 2.45) is 0 Å². The van der Waals surface area contributed by atoms with Crippen LogP contribution in [0.25, 0.3) is 0 Å². The standard InChI is InChI=1S/C14H14F2N2OS/c1-2-18(8-10-4-3-5-20-10)14(19)11-6-9(15)7-12(17)13(11)16/h3-7H,2,8,17H2,1H3. The Hall–Kier alpha value is -1.95. The number of carbonyl (C=O) groups is 1. The summed E-state index contributed by atoms with van der Waals surface area (Å²) < 4.78 is 27.2. The molecule has 0 aliphatic carbocycles. The quantitative estimate of drug-likeness (QED) is 0.880. The molecule has 20 heavy (non-hydrogen) atoms. The first-order chi connectivity index (χ1) is 9.52. The van der Waals surface area contributed by atoms with Crippen LogP contribution >= 0.6 is 11.3 Å². The highest BCUT2D eigenvalue weighted by atomic mass is 32.1. The van der Waals surface area contributed by atoms with Crippen LogP contribution < -0.4 is 5.73 Å². The molecule has 2 rings (SSSR count). The summed E-state index contributed by atoms with van der Waals surface area (Å²) in [6.45, 7) is 2.54. The number of hydrogen-bond acceptors (Lipinski definition) is 3. The van der Waals surface area contributed by atoms with Crippen molar-refractivity contribution in [3.05, 3.63) is 51.7 Å². The Morgan fingerprint density at radius 3 is 2.75 bits per heavy atom. The molecule has 2 N–H and O–H groups in total. The number of amides is 1. The summed E-state index contributed by atoms with van der Waals surface area (Å²) in [5.74, 6) is -2.16. The molecule has 0 fully saturated rings. The van der Waals surface area contributed by atoms with Gasteiger partial charge in [0.15, 0.2) is 5.82 Å². The zero-order chi connectivity index (χ0) is 14.7. The highest BCUT2D eigenvalue weighted by molar-refractivity contribution is 7.09. The summed E-state index contributed by atoms with van der Waals surface area (Å²) in [5.41, 5.74) is 4.66. The third-order valence-corrected chi connectivity index (χ3v) is 3.75. The van der Waals surface area contributed by atoms with Crippen LogP contribution in [-0.4, -0.2) is 17.4 Å². The fourth-order valence-electron chi connectivity index (χ4n) is 1.85. The van der Waals surface area contributed by atoms with Gasteiger partial charge in [-0.05, 0) is 30.5 Å². The lowest BCUT2D eigenvalue weighted by atomic mass is 10.1. The van der Waals surface area contributed by atoms with Gasteiger partial charge in [0.05, 0.1) is 17.8 Å². The number of anilines is 1.